The fourth-order valence-corrected chi connectivity index (χ4v) is 7.94. The molecule has 9 rings (SSSR count). The molecule has 0 fully saturated rings. The first-order valence-electron chi connectivity index (χ1n) is 16.5. The molecule has 0 bridgehead atoms. The van der Waals surface area contributed by atoms with E-state index >= 15 is 0 Å². The number of aromatic nitrogens is 3. The van der Waals surface area contributed by atoms with Crippen LogP contribution in [0.5, 0.6) is 11.6 Å². The van der Waals surface area contributed by atoms with E-state index in [0.29, 0.717) is 11.6 Å². The van der Waals surface area contributed by atoms with Crippen LogP contribution in [0.1, 0.15) is 48.6 Å². The third-order valence-corrected chi connectivity index (χ3v) is 10.1. The molecule has 1 spiro atoms. The summed E-state index contributed by atoms with van der Waals surface area (Å²) in [7, 11) is 0. The van der Waals surface area contributed by atoms with Gasteiger partial charge in [0.05, 0.1) is 0 Å². The van der Waals surface area contributed by atoms with E-state index in [-0.39, 0.29) is 31.9 Å². The van der Waals surface area contributed by atoms with Crippen molar-refractivity contribution in [3.8, 4) is 28.7 Å². The summed E-state index contributed by atoms with van der Waals surface area (Å²) >= 11 is 0. The second-order valence-corrected chi connectivity index (χ2v) is 14.4. The molecule has 0 amide bonds. The molecule has 0 N–H and O–H groups in total. The Morgan fingerprint density at radius 1 is 0.771 bits per heavy atom. The van der Waals surface area contributed by atoms with Crippen LogP contribution in [0.4, 0.5) is 0 Å². The van der Waals surface area contributed by atoms with Gasteiger partial charge in [0.1, 0.15) is 5.82 Å². The molecular formula is C43H35N3OPt. The van der Waals surface area contributed by atoms with Crippen molar-refractivity contribution in [1.29, 1.82) is 0 Å². The van der Waals surface area contributed by atoms with Gasteiger partial charge in [-0.25, -0.2) is 0 Å². The minimum Gasteiger partial charge on any atom is -0.459 e. The Morgan fingerprint density at radius 2 is 1.50 bits per heavy atom. The zero-order chi connectivity index (χ0) is 31.8. The summed E-state index contributed by atoms with van der Waals surface area (Å²) < 4.78 is 8.97. The smallest absolute Gasteiger partial charge is 0.459 e. The maximum Gasteiger partial charge on any atom is 2.00 e. The molecule has 5 heteroatoms. The van der Waals surface area contributed by atoms with E-state index in [1.54, 1.807) is 0 Å². The summed E-state index contributed by atoms with van der Waals surface area (Å²) in [4.78, 5) is 9.94. The molecule has 3 aromatic heterocycles. The van der Waals surface area contributed by atoms with Gasteiger partial charge in [-0.05, 0) is 76.1 Å². The van der Waals surface area contributed by atoms with E-state index in [4.69, 9.17) is 14.7 Å². The number of nitrogens with zero attached hydrogens (tertiary/aromatic N) is 3. The SMILES string of the molecule is CC(C)(C)c1cc(Oc2[c-]c(-c3ccccn3)c3c(c2)CC2(Cc4ccccc4C2)C3)nc(-n2c3[c-]cccc3c3ccccc32)c1.[Pt+2]. The molecule has 0 radical (unpaired) electrons. The normalized spacial score (nSPS) is 14.6. The van der Waals surface area contributed by atoms with E-state index in [9.17, 15) is 0 Å². The van der Waals surface area contributed by atoms with Gasteiger partial charge >= 0.3 is 21.1 Å². The monoisotopic (exact) mass is 804 g/mol. The molecule has 0 saturated carbocycles. The first-order valence-corrected chi connectivity index (χ1v) is 16.5. The molecule has 238 valence electrons. The van der Waals surface area contributed by atoms with Crippen molar-refractivity contribution in [3.05, 3.63) is 149 Å². The summed E-state index contributed by atoms with van der Waals surface area (Å²) in [5.41, 5.74) is 10.9. The second kappa shape index (κ2) is 11.6. The first-order chi connectivity index (χ1) is 22.8. The van der Waals surface area contributed by atoms with Crippen molar-refractivity contribution < 1.29 is 25.8 Å². The molecule has 0 saturated heterocycles. The predicted molar refractivity (Wildman–Crippen MR) is 188 cm³/mol. The molecule has 0 unspecified atom stereocenters. The van der Waals surface area contributed by atoms with Crippen molar-refractivity contribution >= 4 is 21.8 Å². The van der Waals surface area contributed by atoms with Crippen LogP contribution < -0.4 is 4.74 Å². The van der Waals surface area contributed by atoms with Crippen molar-refractivity contribution in [2.24, 2.45) is 5.41 Å². The Morgan fingerprint density at radius 3 is 2.27 bits per heavy atom. The van der Waals surface area contributed by atoms with Gasteiger partial charge in [-0.15, -0.1) is 22.1 Å². The van der Waals surface area contributed by atoms with Gasteiger partial charge in [0.25, 0.3) is 0 Å². The molecule has 0 atom stereocenters. The number of para-hydroxylation sites is 2. The molecule has 2 aliphatic rings. The van der Waals surface area contributed by atoms with Crippen LogP contribution in [-0.2, 0) is 52.2 Å². The first kappa shape index (κ1) is 30.8. The zero-order valence-electron chi connectivity index (χ0n) is 27.3. The fourth-order valence-electron chi connectivity index (χ4n) is 7.94. The van der Waals surface area contributed by atoms with Gasteiger partial charge in [-0.1, -0.05) is 99.4 Å². The maximum atomic E-state index is 6.76. The van der Waals surface area contributed by atoms with Crippen LogP contribution in [0, 0.1) is 17.5 Å². The topological polar surface area (TPSA) is 39.9 Å². The minimum atomic E-state index is -0.122. The molecule has 4 nitrogen and oxygen atoms in total. The minimum absolute atomic E-state index is 0. The van der Waals surface area contributed by atoms with Crippen LogP contribution in [0.3, 0.4) is 0 Å². The maximum absolute atomic E-state index is 6.76. The van der Waals surface area contributed by atoms with Gasteiger partial charge in [-0.3, -0.25) is 0 Å². The Bertz CT molecular complexity index is 2260. The number of hydrogen-bond donors (Lipinski definition) is 0. The Kier molecular flexibility index (Phi) is 7.42. The van der Waals surface area contributed by atoms with Gasteiger partial charge in [0.15, 0.2) is 0 Å². The largest absolute Gasteiger partial charge is 2.00 e. The van der Waals surface area contributed by atoms with Crippen LogP contribution in [-0.4, -0.2) is 14.5 Å². The molecule has 2 aliphatic carbocycles. The van der Waals surface area contributed by atoms with Crippen molar-refractivity contribution in [2.75, 3.05) is 0 Å². The summed E-state index contributed by atoms with van der Waals surface area (Å²) in [6, 6.07) is 43.3. The van der Waals surface area contributed by atoms with Crippen LogP contribution >= 0.6 is 0 Å². The third-order valence-electron chi connectivity index (χ3n) is 10.1. The Balaban J connectivity index is 0.00000336. The number of rotatable bonds is 4. The third kappa shape index (κ3) is 5.18. The van der Waals surface area contributed by atoms with Gasteiger partial charge < -0.3 is 14.3 Å². The fraction of sp³-hybridized carbons (Fsp3) is 0.209. The van der Waals surface area contributed by atoms with E-state index < -0.39 is 0 Å². The Hall–Kier alpha value is -4.53. The molecular weight excluding hydrogens is 770 g/mol. The van der Waals surface area contributed by atoms with Crippen molar-refractivity contribution in [3.63, 3.8) is 0 Å². The van der Waals surface area contributed by atoms with Gasteiger partial charge in [0, 0.05) is 23.5 Å². The molecule has 48 heavy (non-hydrogen) atoms. The van der Waals surface area contributed by atoms with Gasteiger partial charge in [0.2, 0.25) is 5.88 Å². The number of ether oxygens (including phenoxy) is 1. The quantitative estimate of drug-likeness (QED) is 0.167. The zero-order valence-corrected chi connectivity index (χ0v) is 29.6. The average molecular weight is 805 g/mol. The van der Waals surface area contributed by atoms with E-state index in [1.807, 2.05) is 24.4 Å². The number of pyridine rings is 2. The van der Waals surface area contributed by atoms with Crippen molar-refractivity contribution in [2.45, 2.75) is 51.9 Å². The predicted octanol–water partition coefficient (Wildman–Crippen LogP) is 9.81. The van der Waals surface area contributed by atoms with E-state index in [1.165, 1.54) is 27.6 Å². The number of fused-ring (bicyclic) bond motifs is 5. The summed E-state index contributed by atoms with van der Waals surface area (Å²) in [5.74, 6) is 2.04. The standard InChI is InChI=1S/C43H35N3O.Pt/c1-42(2,3)31-21-40(46-38-17-8-6-14-33(38)34-15-7-9-18-39(34)46)45-41(22-31)47-32-20-30-26-43(24-28-12-4-5-13-29(28)25-43)27-36(30)35(23-32)37-16-10-11-19-44-37;/h4-17,19-22H,24-27H2,1-3H3;/q-2;+2. The summed E-state index contributed by atoms with van der Waals surface area (Å²) in [6.45, 7) is 6.69. The summed E-state index contributed by atoms with van der Waals surface area (Å²) in [6.07, 6.45) is 6.10. The second-order valence-electron chi connectivity index (χ2n) is 14.4. The number of hydrogen-bond acceptors (Lipinski definition) is 3. The Labute approximate surface area is 296 Å². The van der Waals surface area contributed by atoms with Crippen LogP contribution in [0.25, 0.3) is 38.9 Å². The molecule has 3 heterocycles. The molecule has 7 aromatic rings. The molecule has 4 aromatic carbocycles. The van der Waals surface area contributed by atoms with Crippen molar-refractivity contribution in [1.82, 2.24) is 14.5 Å². The average Bonchev–Trinajstić information content (AvgIpc) is 3.73. The van der Waals surface area contributed by atoms with E-state index in [0.717, 1.165) is 64.7 Å². The number of benzene rings is 4. The van der Waals surface area contributed by atoms with Crippen LogP contribution in [0.15, 0.2) is 109 Å². The van der Waals surface area contributed by atoms with Gasteiger partial charge in [-0.2, -0.15) is 29.2 Å². The molecule has 0 aliphatic heterocycles. The summed E-state index contributed by atoms with van der Waals surface area (Å²) in [5, 5.41) is 2.34. The van der Waals surface area contributed by atoms with Crippen LogP contribution in [0.2, 0.25) is 0 Å². The van der Waals surface area contributed by atoms with E-state index in [2.05, 4.69) is 122 Å².